The van der Waals surface area contributed by atoms with Crippen LogP contribution in [-0.4, -0.2) is 0 Å². The van der Waals surface area contributed by atoms with Crippen molar-refractivity contribution in [1.29, 1.82) is 0 Å². The standard InChI is InChI=1S/C12H14BrN/c1-3-4-5-12(14)10-6-7-11(13)9(2)8-10/h1,6-8,12H,4-5,14H2,2H3. The highest BCUT2D eigenvalue weighted by atomic mass is 79.9. The molecular weight excluding hydrogens is 238 g/mol. The average Bonchev–Trinajstić information content (AvgIpc) is 2.18. The number of nitrogens with two attached hydrogens (primary N) is 1. The lowest BCUT2D eigenvalue weighted by atomic mass is 10.0. The summed E-state index contributed by atoms with van der Waals surface area (Å²) in [5, 5.41) is 0. The van der Waals surface area contributed by atoms with Crippen LogP contribution >= 0.6 is 15.9 Å². The second-order valence-electron chi connectivity index (χ2n) is 3.36. The Balaban J connectivity index is 2.76. The van der Waals surface area contributed by atoms with Gasteiger partial charge in [-0.05, 0) is 30.5 Å². The number of rotatable bonds is 3. The van der Waals surface area contributed by atoms with Gasteiger partial charge in [0.15, 0.2) is 0 Å². The minimum absolute atomic E-state index is 0.0536. The van der Waals surface area contributed by atoms with Gasteiger partial charge in [0.1, 0.15) is 0 Å². The Morgan fingerprint density at radius 2 is 2.29 bits per heavy atom. The molecule has 1 aromatic carbocycles. The summed E-state index contributed by atoms with van der Waals surface area (Å²) in [6, 6.07) is 6.22. The summed E-state index contributed by atoms with van der Waals surface area (Å²) in [6.45, 7) is 2.06. The highest BCUT2D eigenvalue weighted by Gasteiger charge is 2.05. The molecule has 0 fully saturated rings. The molecule has 0 heterocycles. The van der Waals surface area contributed by atoms with E-state index in [-0.39, 0.29) is 6.04 Å². The van der Waals surface area contributed by atoms with Crippen LogP contribution in [0, 0.1) is 19.3 Å². The molecule has 1 rings (SSSR count). The predicted octanol–water partition coefficient (Wildman–Crippen LogP) is 3.17. The molecule has 1 unspecified atom stereocenters. The van der Waals surface area contributed by atoms with E-state index in [9.17, 15) is 0 Å². The van der Waals surface area contributed by atoms with E-state index in [1.54, 1.807) is 0 Å². The molecule has 14 heavy (non-hydrogen) atoms. The maximum absolute atomic E-state index is 5.99. The Kier molecular flexibility index (Phi) is 4.19. The third kappa shape index (κ3) is 2.87. The number of benzene rings is 1. The monoisotopic (exact) mass is 251 g/mol. The van der Waals surface area contributed by atoms with E-state index in [0.29, 0.717) is 0 Å². The van der Waals surface area contributed by atoms with E-state index in [4.69, 9.17) is 12.2 Å². The van der Waals surface area contributed by atoms with E-state index in [1.807, 2.05) is 12.1 Å². The molecule has 0 aliphatic rings. The fourth-order valence-electron chi connectivity index (χ4n) is 1.30. The second kappa shape index (κ2) is 5.19. The fourth-order valence-corrected chi connectivity index (χ4v) is 1.55. The largest absolute Gasteiger partial charge is 0.324 e. The summed E-state index contributed by atoms with van der Waals surface area (Å²) in [5.74, 6) is 2.61. The summed E-state index contributed by atoms with van der Waals surface area (Å²) >= 11 is 3.46. The molecule has 2 heteroatoms. The summed E-state index contributed by atoms with van der Waals surface area (Å²) in [5.41, 5.74) is 8.35. The summed E-state index contributed by atoms with van der Waals surface area (Å²) < 4.78 is 1.12. The van der Waals surface area contributed by atoms with Crippen LogP contribution in [0.3, 0.4) is 0 Å². The van der Waals surface area contributed by atoms with Gasteiger partial charge in [0.2, 0.25) is 0 Å². The first-order valence-electron chi connectivity index (χ1n) is 4.60. The minimum Gasteiger partial charge on any atom is -0.324 e. The first-order chi connectivity index (χ1) is 6.65. The highest BCUT2D eigenvalue weighted by molar-refractivity contribution is 9.10. The fraction of sp³-hybridized carbons (Fsp3) is 0.333. The summed E-state index contributed by atoms with van der Waals surface area (Å²) in [6.07, 6.45) is 6.77. The van der Waals surface area contributed by atoms with Gasteiger partial charge in [-0.2, -0.15) is 0 Å². The minimum atomic E-state index is 0.0536. The Labute approximate surface area is 93.8 Å². The van der Waals surface area contributed by atoms with E-state index in [0.717, 1.165) is 22.9 Å². The molecule has 0 aromatic heterocycles. The second-order valence-corrected chi connectivity index (χ2v) is 4.21. The lowest BCUT2D eigenvalue weighted by Crippen LogP contribution is -2.09. The zero-order chi connectivity index (χ0) is 10.6. The molecule has 0 saturated heterocycles. The molecule has 1 aromatic rings. The maximum Gasteiger partial charge on any atom is 0.0304 e. The van der Waals surface area contributed by atoms with Crippen LogP contribution in [0.5, 0.6) is 0 Å². The number of hydrogen-bond acceptors (Lipinski definition) is 1. The predicted molar refractivity (Wildman–Crippen MR) is 63.9 cm³/mol. The zero-order valence-corrected chi connectivity index (χ0v) is 9.84. The van der Waals surface area contributed by atoms with Crippen LogP contribution in [0.4, 0.5) is 0 Å². The van der Waals surface area contributed by atoms with Crippen LogP contribution in [-0.2, 0) is 0 Å². The normalized spacial score (nSPS) is 12.1. The third-order valence-corrected chi connectivity index (χ3v) is 3.10. The van der Waals surface area contributed by atoms with Gasteiger partial charge < -0.3 is 5.73 Å². The smallest absolute Gasteiger partial charge is 0.0304 e. The van der Waals surface area contributed by atoms with E-state index in [1.165, 1.54) is 5.56 Å². The lowest BCUT2D eigenvalue weighted by molar-refractivity contribution is 0.667. The number of halogens is 1. The van der Waals surface area contributed by atoms with Gasteiger partial charge in [-0.1, -0.05) is 28.1 Å². The Morgan fingerprint density at radius 1 is 1.57 bits per heavy atom. The Hall–Kier alpha value is -0.780. The van der Waals surface area contributed by atoms with Crippen LogP contribution in [0.15, 0.2) is 22.7 Å². The van der Waals surface area contributed by atoms with Crippen molar-refractivity contribution in [3.05, 3.63) is 33.8 Å². The molecule has 0 spiro atoms. The van der Waals surface area contributed by atoms with Crippen molar-refractivity contribution < 1.29 is 0 Å². The van der Waals surface area contributed by atoms with Crippen molar-refractivity contribution in [2.75, 3.05) is 0 Å². The summed E-state index contributed by atoms with van der Waals surface area (Å²) in [4.78, 5) is 0. The van der Waals surface area contributed by atoms with Crippen molar-refractivity contribution in [3.63, 3.8) is 0 Å². The van der Waals surface area contributed by atoms with Crippen molar-refractivity contribution in [2.45, 2.75) is 25.8 Å². The molecule has 0 saturated carbocycles. The number of hydrogen-bond donors (Lipinski definition) is 1. The zero-order valence-electron chi connectivity index (χ0n) is 8.26. The van der Waals surface area contributed by atoms with Gasteiger partial charge in [-0.25, -0.2) is 0 Å². The molecule has 0 radical (unpaired) electrons. The van der Waals surface area contributed by atoms with E-state index in [2.05, 4.69) is 34.8 Å². The molecule has 2 N–H and O–H groups in total. The molecular formula is C12H14BrN. The first-order valence-corrected chi connectivity index (χ1v) is 5.39. The van der Waals surface area contributed by atoms with Crippen molar-refractivity contribution in [2.24, 2.45) is 5.73 Å². The van der Waals surface area contributed by atoms with Gasteiger partial charge in [0, 0.05) is 16.9 Å². The lowest BCUT2D eigenvalue weighted by Gasteiger charge is -2.11. The molecule has 0 aliphatic heterocycles. The van der Waals surface area contributed by atoms with Gasteiger partial charge >= 0.3 is 0 Å². The Bertz CT molecular complexity index is 352. The van der Waals surface area contributed by atoms with Gasteiger partial charge in [0.05, 0.1) is 0 Å². The van der Waals surface area contributed by atoms with Gasteiger partial charge in [-0.15, -0.1) is 12.3 Å². The third-order valence-electron chi connectivity index (χ3n) is 2.21. The van der Waals surface area contributed by atoms with Crippen LogP contribution in [0.25, 0.3) is 0 Å². The number of terminal acetylenes is 1. The average molecular weight is 252 g/mol. The van der Waals surface area contributed by atoms with E-state index >= 15 is 0 Å². The van der Waals surface area contributed by atoms with Crippen molar-refractivity contribution in [1.82, 2.24) is 0 Å². The van der Waals surface area contributed by atoms with E-state index < -0.39 is 0 Å². The summed E-state index contributed by atoms with van der Waals surface area (Å²) in [7, 11) is 0. The maximum atomic E-state index is 5.99. The van der Waals surface area contributed by atoms with Crippen molar-refractivity contribution >= 4 is 15.9 Å². The highest BCUT2D eigenvalue weighted by Crippen LogP contribution is 2.22. The molecule has 1 nitrogen and oxygen atoms in total. The topological polar surface area (TPSA) is 26.0 Å². The molecule has 0 amide bonds. The van der Waals surface area contributed by atoms with Crippen LogP contribution < -0.4 is 5.73 Å². The Morgan fingerprint density at radius 3 is 2.86 bits per heavy atom. The molecule has 0 bridgehead atoms. The molecule has 0 aliphatic carbocycles. The molecule has 74 valence electrons. The van der Waals surface area contributed by atoms with Crippen LogP contribution in [0.2, 0.25) is 0 Å². The number of aryl methyl sites for hydroxylation is 1. The first kappa shape index (κ1) is 11.3. The van der Waals surface area contributed by atoms with Gasteiger partial charge in [0.25, 0.3) is 0 Å². The quantitative estimate of drug-likeness (QED) is 0.821. The van der Waals surface area contributed by atoms with Crippen molar-refractivity contribution in [3.8, 4) is 12.3 Å². The van der Waals surface area contributed by atoms with Crippen LogP contribution in [0.1, 0.15) is 30.0 Å². The molecule has 1 atom stereocenters. The SMILES string of the molecule is C#CCCC(N)c1ccc(Br)c(C)c1. The van der Waals surface area contributed by atoms with Gasteiger partial charge in [-0.3, -0.25) is 0 Å².